The molecule has 0 aliphatic carbocycles. The lowest BCUT2D eigenvalue weighted by atomic mass is 10.0. The van der Waals surface area contributed by atoms with Crippen molar-refractivity contribution in [2.45, 2.75) is 0 Å². The molecule has 0 saturated carbocycles. The highest BCUT2D eigenvalue weighted by Crippen LogP contribution is 2.22. The van der Waals surface area contributed by atoms with Crippen molar-refractivity contribution >= 4 is 28.8 Å². The number of carboxylic acid groups (broad SMARTS) is 1. The zero-order chi connectivity index (χ0) is 14.0. The zero-order valence-corrected chi connectivity index (χ0v) is 10.2. The van der Waals surface area contributed by atoms with E-state index >= 15 is 0 Å². The first kappa shape index (κ1) is 12.9. The van der Waals surface area contributed by atoms with Gasteiger partial charge in [-0.25, -0.2) is 4.79 Å². The van der Waals surface area contributed by atoms with E-state index in [1.165, 1.54) is 17.4 Å². The molecule has 19 heavy (non-hydrogen) atoms. The van der Waals surface area contributed by atoms with Gasteiger partial charge in [0, 0.05) is 17.7 Å². The Labute approximate surface area is 111 Å². The minimum atomic E-state index is -1.37. The van der Waals surface area contributed by atoms with Crippen LogP contribution in [0.3, 0.4) is 0 Å². The summed E-state index contributed by atoms with van der Waals surface area (Å²) in [6, 6.07) is 6.42. The van der Waals surface area contributed by atoms with Crippen LogP contribution in [-0.4, -0.2) is 21.8 Å². The third-order valence-electron chi connectivity index (χ3n) is 2.43. The molecule has 0 bridgehead atoms. The molecule has 2 aromatic rings. The first-order chi connectivity index (χ1) is 9.00. The minimum absolute atomic E-state index is 0.0550. The number of thiophene rings is 1. The number of nitro benzene ring substituents is 1. The van der Waals surface area contributed by atoms with Crippen molar-refractivity contribution < 1.29 is 19.6 Å². The number of carboxylic acids is 1. The molecular weight excluding hydrogens is 270 g/mol. The maximum atomic E-state index is 12.1. The van der Waals surface area contributed by atoms with Crippen LogP contribution in [0.5, 0.6) is 0 Å². The van der Waals surface area contributed by atoms with Gasteiger partial charge < -0.3 is 5.11 Å². The number of hydrogen-bond donors (Lipinski definition) is 1. The molecule has 6 nitrogen and oxygen atoms in total. The summed E-state index contributed by atoms with van der Waals surface area (Å²) in [4.78, 5) is 33.5. The predicted molar refractivity (Wildman–Crippen MR) is 67.8 cm³/mol. The van der Waals surface area contributed by atoms with Gasteiger partial charge in [-0.1, -0.05) is 6.07 Å². The van der Waals surface area contributed by atoms with E-state index in [4.69, 9.17) is 5.11 Å². The topological polar surface area (TPSA) is 97.5 Å². The molecule has 0 aliphatic heterocycles. The van der Waals surface area contributed by atoms with Crippen LogP contribution in [0.15, 0.2) is 35.7 Å². The molecule has 0 spiro atoms. The Balaban J connectivity index is 2.54. The van der Waals surface area contributed by atoms with Crippen LogP contribution < -0.4 is 0 Å². The summed E-state index contributed by atoms with van der Waals surface area (Å²) in [5.41, 5.74) is -0.784. The lowest BCUT2D eigenvalue weighted by molar-refractivity contribution is -0.384. The van der Waals surface area contributed by atoms with E-state index in [1.807, 2.05) is 0 Å². The summed E-state index contributed by atoms with van der Waals surface area (Å²) in [5, 5.41) is 21.4. The highest BCUT2D eigenvalue weighted by Gasteiger charge is 2.21. The molecule has 2 rings (SSSR count). The highest BCUT2D eigenvalue weighted by atomic mass is 32.1. The Morgan fingerprint density at radius 2 is 1.95 bits per heavy atom. The average molecular weight is 277 g/mol. The molecule has 0 aliphatic rings. The number of hydrogen-bond acceptors (Lipinski definition) is 5. The van der Waals surface area contributed by atoms with E-state index < -0.39 is 16.7 Å². The van der Waals surface area contributed by atoms with E-state index in [0.29, 0.717) is 4.88 Å². The fourth-order valence-corrected chi connectivity index (χ4v) is 2.24. The molecule has 0 fully saturated rings. The summed E-state index contributed by atoms with van der Waals surface area (Å²) in [6.45, 7) is 0. The van der Waals surface area contributed by atoms with E-state index in [0.717, 1.165) is 12.1 Å². The quantitative estimate of drug-likeness (QED) is 0.526. The number of benzene rings is 1. The summed E-state index contributed by atoms with van der Waals surface area (Å²) >= 11 is 1.18. The van der Waals surface area contributed by atoms with Crippen molar-refractivity contribution in [1.29, 1.82) is 0 Å². The molecule has 0 amide bonds. The third kappa shape index (κ3) is 2.50. The average Bonchev–Trinajstić information content (AvgIpc) is 2.90. The van der Waals surface area contributed by atoms with E-state index in [9.17, 15) is 19.7 Å². The van der Waals surface area contributed by atoms with Crippen LogP contribution in [0.25, 0.3) is 0 Å². The van der Waals surface area contributed by atoms with E-state index in [1.54, 1.807) is 17.5 Å². The summed E-state index contributed by atoms with van der Waals surface area (Å²) in [7, 11) is 0. The van der Waals surface area contributed by atoms with Gasteiger partial charge in [-0.2, -0.15) is 0 Å². The van der Waals surface area contributed by atoms with Crippen molar-refractivity contribution in [1.82, 2.24) is 0 Å². The van der Waals surface area contributed by atoms with Gasteiger partial charge >= 0.3 is 5.97 Å². The molecule has 0 unspecified atom stereocenters. The molecule has 7 heteroatoms. The molecule has 1 aromatic heterocycles. The van der Waals surface area contributed by atoms with Gasteiger partial charge in [-0.3, -0.25) is 14.9 Å². The van der Waals surface area contributed by atoms with Crippen molar-refractivity contribution in [3.05, 3.63) is 61.8 Å². The molecule has 0 radical (unpaired) electrons. The Morgan fingerprint density at radius 1 is 1.21 bits per heavy atom. The Hall–Kier alpha value is -2.54. The van der Waals surface area contributed by atoms with E-state index in [-0.39, 0.29) is 16.8 Å². The van der Waals surface area contributed by atoms with Crippen LogP contribution >= 0.6 is 11.3 Å². The summed E-state index contributed by atoms with van der Waals surface area (Å²) in [6.07, 6.45) is 0. The monoisotopic (exact) mass is 277 g/mol. The van der Waals surface area contributed by atoms with Crippen LogP contribution in [0.2, 0.25) is 0 Å². The van der Waals surface area contributed by atoms with Crippen LogP contribution in [-0.2, 0) is 0 Å². The Morgan fingerprint density at radius 3 is 2.47 bits per heavy atom. The number of rotatable bonds is 4. The number of non-ortho nitro benzene ring substituents is 1. The van der Waals surface area contributed by atoms with Crippen molar-refractivity contribution in [2.24, 2.45) is 0 Å². The van der Waals surface area contributed by atoms with Gasteiger partial charge in [0.1, 0.15) is 0 Å². The third-order valence-corrected chi connectivity index (χ3v) is 3.30. The molecule has 0 saturated heterocycles. The lowest BCUT2D eigenvalue weighted by Gasteiger charge is -2.03. The van der Waals surface area contributed by atoms with Gasteiger partial charge in [-0.15, -0.1) is 11.3 Å². The molecule has 1 aromatic carbocycles. The number of nitrogens with zero attached hydrogens (tertiary/aromatic N) is 1. The second kappa shape index (κ2) is 4.99. The Kier molecular flexibility index (Phi) is 3.39. The van der Waals surface area contributed by atoms with Crippen molar-refractivity contribution in [3.63, 3.8) is 0 Å². The normalized spacial score (nSPS) is 10.1. The Bertz CT molecular complexity index is 663. The van der Waals surface area contributed by atoms with Crippen LogP contribution in [0.1, 0.15) is 25.6 Å². The van der Waals surface area contributed by atoms with Crippen molar-refractivity contribution in [2.75, 3.05) is 0 Å². The van der Waals surface area contributed by atoms with Gasteiger partial charge in [0.25, 0.3) is 5.69 Å². The maximum absolute atomic E-state index is 12.1. The molecule has 1 N–H and O–H groups in total. The number of nitro groups is 1. The fraction of sp³-hybridized carbons (Fsp3) is 0. The fourth-order valence-electron chi connectivity index (χ4n) is 1.56. The second-order valence-corrected chi connectivity index (χ2v) is 4.55. The predicted octanol–water partition coefficient (Wildman–Crippen LogP) is 2.59. The molecule has 96 valence electrons. The SMILES string of the molecule is O=C(O)c1cc([N+](=O)[O-])ccc1C(=O)c1cccs1. The zero-order valence-electron chi connectivity index (χ0n) is 9.40. The van der Waals surface area contributed by atoms with Gasteiger partial charge in [0.05, 0.1) is 15.4 Å². The van der Waals surface area contributed by atoms with Gasteiger partial charge in [-0.05, 0) is 17.5 Å². The second-order valence-electron chi connectivity index (χ2n) is 3.60. The number of ketones is 1. The molecule has 0 atom stereocenters. The largest absolute Gasteiger partial charge is 0.478 e. The first-order valence-electron chi connectivity index (χ1n) is 5.10. The molecule has 1 heterocycles. The van der Waals surface area contributed by atoms with Gasteiger partial charge in [0.15, 0.2) is 0 Å². The molecular formula is C12H7NO5S. The van der Waals surface area contributed by atoms with Crippen LogP contribution in [0, 0.1) is 10.1 Å². The smallest absolute Gasteiger partial charge is 0.336 e. The van der Waals surface area contributed by atoms with E-state index in [2.05, 4.69) is 0 Å². The lowest BCUT2D eigenvalue weighted by Crippen LogP contribution is -2.09. The standard InChI is InChI=1S/C12H7NO5S/c14-11(10-2-1-5-19-10)8-4-3-7(13(17)18)6-9(8)12(15)16/h1-6H,(H,15,16). The summed E-state index contributed by atoms with van der Waals surface area (Å²) < 4.78 is 0. The first-order valence-corrected chi connectivity index (χ1v) is 5.98. The number of carbonyl (C=O) groups is 2. The minimum Gasteiger partial charge on any atom is -0.478 e. The van der Waals surface area contributed by atoms with Crippen LogP contribution in [0.4, 0.5) is 5.69 Å². The summed E-state index contributed by atoms with van der Waals surface area (Å²) in [5.74, 6) is -1.83. The van der Waals surface area contributed by atoms with Crippen molar-refractivity contribution in [3.8, 4) is 0 Å². The maximum Gasteiger partial charge on any atom is 0.336 e. The number of carbonyl (C=O) groups excluding carboxylic acids is 1. The highest BCUT2D eigenvalue weighted by molar-refractivity contribution is 7.12. The van der Waals surface area contributed by atoms with Gasteiger partial charge in [0.2, 0.25) is 5.78 Å². The number of aromatic carboxylic acids is 1.